The number of carbonyl (C=O) groups is 2. The Hall–Kier alpha value is -3.01. The van der Waals surface area contributed by atoms with Crippen LogP contribution < -0.4 is 20.4 Å². The lowest BCUT2D eigenvalue weighted by Gasteiger charge is -2.30. The number of anilines is 3. The first kappa shape index (κ1) is 19.9. The molecule has 0 aliphatic carbocycles. The number of piperazine rings is 1. The molecule has 0 spiro atoms. The number of hydrogen-bond acceptors (Lipinski definition) is 7. The largest absolute Gasteiger partial charge is 0.367 e. The van der Waals surface area contributed by atoms with Crippen LogP contribution in [-0.2, 0) is 6.54 Å². The summed E-state index contributed by atoms with van der Waals surface area (Å²) in [7, 11) is 0. The van der Waals surface area contributed by atoms with Crippen molar-refractivity contribution >= 4 is 51.3 Å². The summed E-state index contributed by atoms with van der Waals surface area (Å²) in [6.45, 7) is 3.88. The highest BCUT2D eigenvalue weighted by molar-refractivity contribution is 7.14. The number of halogens is 1. The zero-order valence-corrected chi connectivity index (χ0v) is 18.0. The van der Waals surface area contributed by atoms with Crippen LogP contribution in [0.3, 0.4) is 0 Å². The number of pyridine rings is 1. The number of nitrogens with zero attached hydrogens (tertiary/aromatic N) is 4. The van der Waals surface area contributed by atoms with Gasteiger partial charge in [-0.15, -0.1) is 11.3 Å². The highest BCUT2D eigenvalue weighted by Crippen LogP contribution is 2.32. The fourth-order valence-corrected chi connectivity index (χ4v) is 4.78. The molecule has 2 amide bonds. The number of fused-ring (bicyclic) bond motifs is 1. The number of benzene rings is 1. The third-order valence-corrected chi connectivity index (χ3v) is 6.43. The molecule has 2 aliphatic heterocycles. The molecule has 0 saturated carbocycles. The molecule has 158 valence electrons. The van der Waals surface area contributed by atoms with E-state index in [0.29, 0.717) is 27.9 Å². The third-order valence-electron chi connectivity index (χ3n) is 5.33. The van der Waals surface area contributed by atoms with Crippen molar-refractivity contribution in [1.29, 1.82) is 0 Å². The number of aromatic nitrogens is 2. The SMILES string of the molecule is O=C(Nc1cnccc1N1CCNCC1)c1csc(N2Cc3cc(Cl)ccc3C2=O)n1. The van der Waals surface area contributed by atoms with E-state index in [2.05, 4.69) is 25.5 Å². The van der Waals surface area contributed by atoms with Crippen LogP contribution >= 0.6 is 22.9 Å². The zero-order valence-electron chi connectivity index (χ0n) is 16.5. The number of thiazole rings is 1. The van der Waals surface area contributed by atoms with Gasteiger partial charge < -0.3 is 15.5 Å². The van der Waals surface area contributed by atoms with Crippen LogP contribution in [0.2, 0.25) is 5.02 Å². The molecule has 1 fully saturated rings. The van der Waals surface area contributed by atoms with Gasteiger partial charge in [0.1, 0.15) is 5.69 Å². The van der Waals surface area contributed by atoms with Gasteiger partial charge in [0.2, 0.25) is 0 Å². The average molecular weight is 455 g/mol. The van der Waals surface area contributed by atoms with E-state index in [1.54, 1.807) is 40.9 Å². The molecule has 0 unspecified atom stereocenters. The van der Waals surface area contributed by atoms with E-state index in [-0.39, 0.29) is 17.5 Å². The fourth-order valence-electron chi connectivity index (χ4n) is 3.79. The van der Waals surface area contributed by atoms with E-state index in [1.165, 1.54) is 11.3 Å². The van der Waals surface area contributed by atoms with Crippen molar-refractivity contribution in [2.75, 3.05) is 41.3 Å². The number of nitrogens with one attached hydrogen (secondary N) is 2. The molecule has 2 aromatic heterocycles. The summed E-state index contributed by atoms with van der Waals surface area (Å²) in [4.78, 5) is 38.0. The first-order valence-electron chi connectivity index (χ1n) is 9.87. The van der Waals surface area contributed by atoms with Gasteiger partial charge in [-0.25, -0.2) is 4.98 Å². The molecule has 31 heavy (non-hydrogen) atoms. The van der Waals surface area contributed by atoms with Crippen LogP contribution in [0.1, 0.15) is 26.4 Å². The Labute approximate surface area is 187 Å². The standard InChI is InChI=1S/C21H19ClN6O2S/c22-14-1-2-15-13(9-14)11-28(20(15)30)21-26-17(12-31-21)19(29)25-16-10-24-4-3-18(16)27-7-5-23-6-8-27/h1-4,9-10,12,23H,5-8,11H2,(H,25,29). The van der Waals surface area contributed by atoms with Crippen molar-refractivity contribution in [3.63, 3.8) is 0 Å². The van der Waals surface area contributed by atoms with Crippen LogP contribution in [-0.4, -0.2) is 48.0 Å². The van der Waals surface area contributed by atoms with Crippen LogP contribution in [0.25, 0.3) is 0 Å². The summed E-state index contributed by atoms with van der Waals surface area (Å²) >= 11 is 7.31. The highest BCUT2D eigenvalue weighted by atomic mass is 35.5. The molecule has 1 saturated heterocycles. The average Bonchev–Trinajstić information content (AvgIpc) is 3.39. The molecule has 0 radical (unpaired) electrons. The van der Waals surface area contributed by atoms with E-state index in [9.17, 15) is 9.59 Å². The fraction of sp³-hybridized carbons (Fsp3) is 0.238. The molecule has 10 heteroatoms. The van der Waals surface area contributed by atoms with Gasteiger partial charge in [-0.1, -0.05) is 11.6 Å². The van der Waals surface area contributed by atoms with Crippen molar-refractivity contribution in [2.24, 2.45) is 0 Å². The van der Waals surface area contributed by atoms with E-state index in [1.807, 2.05) is 6.07 Å². The first-order chi connectivity index (χ1) is 15.1. The number of amides is 2. The minimum Gasteiger partial charge on any atom is -0.367 e. The van der Waals surface area contributed by atoms with Gasteiger partial charge in [0.25, 0.3) is 11.8 Å². The topological polar surface area (TPSA) is 90.5 Å². The highest BCUT2D eigenvalue weighted by Gasteiger charge is 2.31. The van der Waals surface area contributed by atoms with Crippen molar-refractivity contribution in [1.82, 2.24) is 15.3 Å². The van der Waals surface area contributed by atoms with E-state index in [4.69, 9.17) is 11.6 Å². The lowest BCUT2D eigenvalue weighted by atomic mass is 10.1. The Kier molecular flexibility index (Phi) is 5.31. The molecule has 2 aliphatic rings. The second kappa shape index (κ2) is 8.26. The zero-order chi connectivity index (χ0) is 21.4. The molecule has 2 N–H and O–H groups in total. The Morgan fingerprint density at radius 1 is 1.23 bits per heavy atom. The molecule has 8 nitrogen and oxygen atoms in total. The minimum atomic E-state index is -0.334. The molecule has 3 aromatic rings. The van der Waals surface area contributed by atoms with Crippen LogP contribution in [0.5, 0.6) is 0 Å². The molecular weight excluding hydrogens is 436 g/mol. The molecule has 0 atom stereocenters. The summed E-state index contributed by atoms with van der Waals surface area (Å²) in [5.41, 5.74) is 3.30. The maximum Gasteiger partial charge on any atom is 0.275 e. The van der Waals surface area contributed by atoms with Crippen molar-refractivity contribution in [3.8, 4) is 0 Å². The Morgan fingerprint density at radius 3 is 2.90 bits per heavy atom. The lowest BCUT2D eigenvalue weighted by Crippen LogP contribution is -2.43. The second-order valence-electron chi connectivity index (χ2n) is 7.29. The molecular formula is C21H19ClN6O2S. The van der Waals surface area contributed by atoms with Crippen molar-refractivity contribution in [3.05, 3.63) is 63.9 Å². The monoisotopic (exact) mass is 454 g/mol. The molecule has 5 rings (SSSR count). The Balaban J connectivity index is 1.33. The molecule has 4 heterocycles. The van der Waals surface area contributed by atoms with E-state index in [0.717, 1.165) is 37.4 Å². The minimum absolute atomic E-state index is 0.138. The van der Waals surface area contributed by atoms with Gasteiger partial charge in [-0.05, 0) is 29.8 Å². The van der Waals surface area contributed by atoms with Crippen LogP contribution in [0.15, 0.2) is 42.0 Å². The predicted octanol–water partition coefficient (Wildman–Crippen LogP) is 3.01. The van der Waals surface area contributed by atoms with Gasteiger partial charge >= 0.3 is 0 Å². The number of hydrogen-bond donors (Lipinski definition) is 2. The number of rotatable bonds is 4. The van der Waals surface area contributed by atoms with Gasteiger partial charge in [-0.2, -0.15) is 0 Å². The Bertz CT molecular complexity index is 1160. The van der Waals surface area contributed by atoms with E-state index >= 15 is 0 Å². The second-order valence-corrected chi connectivity index (χ2v) is 8.57. The molecule has 0 bridgehead atoms. The predicted molar refractivity (Wildman–Crippen MR) is 121 cm³/mol. The summed E-state index contributed by atoms with van der Waals surface area (Å²) in [6, 6.07) is 7.11. The van der Waals surface area contributed by atoms with Gasteiger partial charge in [0.15, 0.2) is 5.13 Å². The summed E-state index contributed by atoms with van der Waals surface area (Å²) in [5, 5.41) is 8.98. The summed E-state index contributed by atoms with van der Waals surface area (Å²) < 4.78 is 0. The third kappa shape index (κ3) is 3.87. The van der Waals surface area contributed by atoms with Crippen molar-refractivity contribution in [2.45, 2.75) is 6.54 Å². The van der Waals surface area contributed by atoms with Crippen LogP contribution in [0.4, 0.5) is 16.5 Å². The maximum atomic E-state index is 12.9. The van der Waals surface area contributed by atoms with Gasteiger partial charge in [-0.3, -0.25) is 19.5 Å². The van der Waals surface area contributed by atoms with Gasteiger partial charge in [0, 0.05) is 48.3 Å². The maximum absolute atomic E-state index is 12.9. The van der Waals surface area contributed by atoms with E-state index < -0.39 is 0 Å². The molecule has 1 aromatic carbocycles. The summed E-state index contributed by atoms with van der Waals surface area (Å²) in [6.07, 6.45) is 3.36. The first-order valence-corrected chi connectivity index (χ1v) is 11.1. The quantitative estimate of drug-likeness (QED) is 0.629. The summed E-state index contributed by atoms with van der Waals surface area (Å²) in [5.74, 6) is -0.472. The smallest absolute Gasteiger partial charge is 0.275 e. The van der Waals surface area contributed by atoms with Crippen molar-refractivity contribution < 1.29 is 9.59 Å². The number of carbonyl (C=O) groups excluding carboxylic acids is 2. The Morgan fingerprint density at radius 2 is 2.06 bits per heavy atom. The van der Waals surface area contributed by atoms with Crippen LogP contribution in [0, 0.1) is 0 Å². The lowest BCUT2D eigenvalue weighted by molar-refractivity contribution is 0.0991. The van der Waals surface area contributed by atoms with Gasteiger partial charge in [0.05, 0.1) is 24.1 Å². The normalized spacial score (nSPS) is 15.8.